The molecule has 0 saturated heterocycles. The number of aromatic amines is 1. The van der Waals surface area contributed by atoms with Crippen molar-refractivity contribution in [1.82, 2.24) is 24.9 Å². The lowest BCUT2D eigenvalue weighted by molar-refractivity contribution is 0.0811. The van der Waals surface area contributed by atoms with Crippen LogP contribution in [-0.2, 0) is 0 Å². The molecular weight excluding hydrogens is 260 g/mol. The highest BCUT2D eigenvalue weighted by molar-refractivity contribution is 5.95. The van der Waals surface area contributed by atoms with E-state index < -0.39 is 0 Å². The Morgan fingerprint density at radius 2 is 2.30 bits per heavy atom. The number of carbonyl (C=O) groups excluding carboxylic acids is 1. The molecule has 0 aliphatic carbocycles. The molecule has 8 nitrogen and oxygen atoms in total. The molecule has 0 aliphatic rings. The maximum absolute atomic E-state index is 12.1. The van der Waals surface area contributed by atoms with Gasteiger partial charge >= 0.3 is 0 Å². The Labute approximate surface area is 114 Å². The zero-order valence-corrected chi connectivity index (χ0v) is 11.0. The molecule has 0 fully saturated rings. The van der Waals surface area contributed by atoms with Gasteiger partial charge in [0.1, 0.15) is 6.54 Å². The molecule has 1 amide bonds. The Morgan fingerprint density at radius 3 is 2.90 bits per heavy atom. The first-order valence-corrected chi connectivity index (χ1v) is 5.77. The predicted molar refractivity (Wildman–Crippen MR) is 69.3 cm³/mol. The van der Waals surface area contributed by atoms with E-state index in [1.807, 2.05) is 6.07 Å². The number of amides is 1. The minimum Gasteiger partial charge on any atom is -0.328 e. The first-order valence-electron chi connectivity index (χ1n) is 5.77. The van der Waals surface area contributed by atoms with Gasteiger partial charge in [-0.05, 0) is 13.0 Å². The molecule has 0 saturated carbocycles. The molecule has 102 valence electrons. The smallest absolute Gasteiger partial charge is 0.264 e. The molecule has 0 spiro atoms. The summed E-state index contributed by atoms with van der Waals surface area (Å²) in [5, 5.41) is 18.8. The van der Waals surface area contributed by atoms with Crippen LogP contribution in [0.25, 0.3) is 5.82 Å². The minimum atomic E-state index is -0.316. The van der Waals surface area contributed by atoms with E-state index in [4.69, 9.17) is 5.26 Å². The van der Waals surface area contributed by atoms with Crippen molar-refractivity contribution in [3.8, 4) is 11.9 Å². The van der Waals surface area contributed by atoms with Crippen molar-refractivity contribution in [2.24, 2.45) is 0 Å². The summed E-state index contributed by atoms with van der Waals surface area (Å²) in [5.74, 6) is 0.115. The van der Waals surface area contributed by atoms with E-state index in [2.05, 4.69) is 15.3 Å². The highest BCUT2D eigenvalue weighted by Gasteiger charge is 2.18. The summed E-state index contributed by atoms with van der Waals surface area (Å²) in [5.41, 5.74) is 0.652. The number of hydrogen-bond acceptors (Lipinski definition) is 5. The number of rotatable bonds is 3. The van der Waals surface area contributed by atoms with Gasteiger partial charge in [0.05, 0.1) is 23.5 Å². The van der Waals surface area contributed by atoms with Gasteiger partial charge < -0.3 is 4.90 Å². The predicted octanol–water partition coefficient (Wildman–Crippen LogP) is -0.140. The first-order chi connectivity index (χ1) is 9.54. The SMILES string of the molecule is Cc1c(C(=O)N(C)CC#N)cnn1-c1ccc(=O)[nH]n1. The van der Waals surface area contributed by atoms with Gasteiger partial charge in [-0.1, -0.05) is 0 Å². The van der Waals surface area contributed by atoms with Crippen molar-refractivity contribution in [2.45, 2.75) is 6.92 Å². The van der Waals surface area contributed by atoms with Crippen LogP contribution in [0.15, 0.2) is 23.1 Å². The zero-order valence-electron chi connectivity index (χ0n) is 11.0. The van der Waals surface area contributed by atoms with Gasteiger partial charge in [0.25, 0.3) is 11.5 Å². The van der Waals surface area contributed by atoms with E-state index in [1.54, 1.807) is 14.0 Å². The molecule has 0 aliphatic heterocycles. The number of nitrogens with zero attached hydrogens (tertiary/aromatic N) is 5. The van der Waals surface area contributed by atoms with Crippen molar-refractivity contribution in [2.75, 3.05) is 13.6 Å². The van der Waals surface area contributed by atoms with Crippen molar-refractivity contribution < 1.29 is 4.79 Å². The lowest BCUT2D eigenvalue weighted by Gasteiger charge is -2.12. The second kappa shape index (κ2) is 5.36. The van der Waals surface area contributed by atoms with E-state index in [1.165, 1.54) is 27.9 Å². The fourth-order valence-corrected chi connectivity index (χ4v) is 1.69. The lowest BCUT2D eigenvalue weighted by atomic mass is 10.2. The molecule has 2 aromatic rings. The van der Waals surface area contributed by atoms with Gasteiger partial charge in [-0.2, -0.15) is 15.5 Å². The van der Waals surface area contributed by atoms with E-state index in [-0.39, 0.29) is 18.0 Å². The highest BCUT2D eigenvalue weighted by Crippen LogP contribution is 2.13. The summed E-state index contributed by atoms with van der Waals surface area (Å²) >= 11 is 0. The fraction of sp³-hybridized carbons (Fsp3) is 0.250. The summed E-state index contributed by atoms with van der Waals surface area (Å²) in [4.78, 5) is 24.4. The summed E-state index contributed by atoms with van der Waals surface area (Å²) in [6.07, 6.45) is 1.42. The standard InChI is InChI=1S/C12H12N6O2/c1-8-9(12(20)17(2)6-5-13)7-14-18(8)10-3-4-11(19)16-15-10/h3-4,7H,6H2,1-2H3,(H,16,19). The van der Waals surface area contributed by atoms with Crippen LogP contribution in [0.1, 0.15) is 16.1 Å². The summed E-state index contributed by atoms with van der Waals surface area (Å²) in [7, 11) is 1.54. The average molecular weight is 272 g/mol. The van der Waals surface area contributed by atoms with Crippen molar-refractivity contribution in [1.29, 1.82) is 5.26 Å². The zero-order chi connectivity index (χ0) is 14.7. The molecule has 2 rings (SSSR count). The molecule has 0 atom stereocenters. The van der Waals surface area contributed by atoms with Crippen molar-refractivity contribution >= 4 is 5.91 Å². The van der Waals surface area contributed by atoms with Gasteiger partial charge in [0, 0.05) is 13.1 Å². The van der Waals surface area contributed by atoms with Crippen molar-refractivity contribution in [3.05, 3.63) is 39.9 Å². The summed E-state index contributed by atoms with van der Waals surface area (Å²) < 4.78 is 1.45. The van der Waals surface area contributed by atoms with Gasteiger partial charge in [0.2, 0.25) is 0 Å². The first kappa shape index (κ1) is 13.5. The summed E-state index contributed by atoms with van der Waals surface area (Å²) in [6.45, 7) is 1.72. The van der Waals surface area contributed by atoms with Crippen LogP contribution >= 0.6 is 0 Å². The topological polar surface area (TPSA) is 108 Å². The molecule has 0 bridgehead atoms. The van der Waals surface area contributed by atoms with E-state index >= 15 is 0 Å². The molecule has 0 radical (unpaired) electrons. The van der Waals surface area contributed by atoms with Crippen LogP contribution in [0.5, 0.6) is 0 Å². The number of hydrogen-bond donors (Lipinski definition) is 1. The van der Waals surface area contributed by atoms with E-state index in [0.717, 1.165) is 0 Å². The van der Waals surface area contributed by atoms with Gasteiger partial charge in [-0.3, -0.25) is 9.59 Å². The molecule has 0 unspecified atom stereocenters. The molecule has 0 aromatic carbocycles. The maximum atomic E-state index is 12.1. The molecule has 20 heavy (non-hydrogen) atoms. The van der Waals surface area contributed by atoms with Gasteiger partial charge in [-0.15, -0.1) is 0 Å². The van der Waals surface area contributed by atoms with Crippen LogP contribution in [0.2, 0.25) is 0 Å². The number of aromatic nitrogens is 4. The Hall–Kier alpha value is -2.95. The molecule has 8 heteroatoms. The van der Waals surface area contributed by atoms with E-state index in [9.17, 15) is 9.59 Å². The number of H-pyrrole nitrogens is 1. The lowest BCUT2D eigenvalue weighted by Crippen LogP contribution is -2.27. The third kappa shape index (κ3) is 2.42. The number of nitrogens with one attached hydrogen (secondary N) is 1. The van der Waals surface area contributed by atoms with Crippen molar-refractivity contribution in [3.63, 3.8) is 0 Å². The van der Waals surface area contributed by atoms with Crippen LogP contribution < -0.4 is 5.56 Å². The Balaban J connectivity index is 2.37. The van der Waals surface area contributed by atoms with Gasteiger partial charge in [-0.25, -0.2) is 9.78 Å². The van der Waals surface area contributed by atoms with Crippen LogP contribution in [0, 0.1) is 18.3 Å². The van der Waals surface area contributed by atoms with Crippen LogP contribution in [0.4, 0.5) is 0 Å². The molecule has 2 aromatic heterocycles. The third-order valence-electron chi connectivity index (χ3n) is 2.78. The Morgan fingerprint density at radius 1 is 1.55 bits per heavy atom. The Kier molecular flexibility index (Phi) is 3.61. The van der Waals surface area contributed by atoms with Gasteiger partial charge in [0.15, 0.2) is 5.82 Å². The molecule has 2 heterocycles. The van der Waals surface area contributed by atoms with Crippen LogP contribution in [0.3, 0.4) is 0 Å². The number of nitriles is 1. The fourth-order valence-electron chi connectivity index (χ4n) is 1.69. The minimum absolute atomic E-state index is 0.000357. The highest BCUT2D eigenvalue weighted by atomic mass is 16.2. The second-order valence-electron chi connectivity index (χ2n) is 4.15. The molecular formula is C12H12N6O2. The monoisotopic (exact) mass is 272 g/mol. The van der Waals surface area contributed by atoms with Crippen LogP contribution in [-0.4, -0.2) is 44.4 Å². The quantitative estimate of drug-likeness (QED) is 0.782. The summed E-state index contributed by atoms with van der Waals surface area (Å²) in [6, 6.07) is 4.74. The number of carbonyl (C=O) groups is 1. The van der Waals surface area contributed by atoms with E-state index in [0.29, 0.717) is 17.1 Å². The maximum Gasteiger partial charge on any atom is 0.264 e. The average Bonchev–Trinajstić information content (AvgIpc) is 2.81. The largest absolute Gasteiger partial charge is 0.328 e. The Bertz CT molecular complexity index is 719. The third-order valence-corrected chi connectivity index (χ3v) is 2.78. The second-order valence-corrected chi connectivity index (χ2v) is 4.15. The molecule has 1 N–H and O–H groups in total. The normalized spacial score (nSPS) is 10.1.